The van der Waals surface area contributed by atoms with Crippen LogP contribution in [-0.2, 0) is 9.59 Å². The van der Waals surface area contributed by atoms with E-state index in [1.54, 1.807) is 13.0 Å². The van der Waals surface area contributed by atoms with Gasteiger partial charge in [0, 0.05) is 0 Å². The number of benzene rings is 1. The van der Waals surface area contributed by atoms with Gasteiger partial charge in [0.25, 0.3) is 0 Å². The summed E-state index contributed by atoms with van der Waals surface area (Å²) < 4.78 is 0. The molecular weight excluding hydrogens is 184 g/mol. The third kappa shape index (κ3) is 3.65. The number of aromatic carboxylic acids is 1. The summed E-state index contributed by atoms with van der Waals surface area (Å²) in [4.78, 5) is 26.8. The number of hydrogen-bond donors (Lipinski definition) is 1. The topological polar surface area (TPSA) is 71.4 Å². The Morgan fingerprint density at radius 2 is 1.79 bits per heavy atom. The highest BCUT2D eigenvalue weighted by molar-refractivity contribution is 5.89. The number of hydrogen-bond acceptors (Lipinski definition) is 3. The molecule has 1 aromatic carbocycles. The molecule has 0 heterocycles. The van der Waals surface area contributed by atoms with Crippen LogP contribution in [0.4, 0.5) is 0 Å². The normalized spacial score (nSPS) is 8.14. The number of carboxylic acids is 1. The molecule has 1 N–H and O–H groups in total. The van der Waals surface area contributed by atoms with Gasteiger partial charge in [0.2, 0.25) is 0 Å². The van der Waals surface area contributed by atoms with Crippen molar-refractivity contribution in [3.8, 4) is 0 Å². The molecule has 0 unspecified atom stereocenters. The first kappa shape index (κ1) is 12.1. The van der Waals surface area contributed by atoms with E-state index in [1.165, 1.54) is 0 Å². The van der Waals surface area contributed by atoms with Gasteiger partial charge in [-0.1, -0.05) is 17.7 Å². The highest BCUT2D eigenvalue weighted by Gasteiger charge is 2.05. The van der Waals surface area contributed by atoms with E-state index < -0.39 is 5.97 Å². The molecule has 0 amide bonds. The van der Waals surface area contributed by atoms with Crippen molar-refractivity contribution in [3.05, 3.63) is 34.9 Å². The molecule has 0 aliphatic rings. The lowest BCUT2D eigenvalue weighted by Gasteiger charge is -2.00. The van der Waals surface area contributed by atoms with Gasteiger partial charge in [0.15, 0.2) is 0 Å². The van der Waals surface area contributed by atoms with Gasteiger partial charge in [-0.15, -0.1) is 0 Å². The Morgan fingerprint density at radius 1 is 1.29 bits per heavy atom. The van der Waals surface area contributed by atoms with Gasteiger partial charge in [0.1, 0.15) is 0 Å². The predicted octanol–water partition coefficient (Wildman–Crippen LogP) is 1.42. The van der Waals surface area contributed by atoms with Crippen LogP contribution < -0.4 is 0 Å². The molecule has 0 spiro atoms. The Kier molecular flexibility index (Phi) is 4.89. The molecule has 0 atom stereocenters. The van der Waals surface area contributed by atoms with Gasteiger partial charge in [0.05, 0.1) is 5.56 Å². The van der Waals surface area contributed by atoms with Crippen LogP contribution >= 0.6 is 0 Å². The zero-order chi connectivity index (χ0) is 11.1. The van der Waals surface area contributed by atoms with E-state index in [-0.39, 0.29) is 6.15 Å². The van der Waals surface area contributed by atoms with Gasteiger partial charge in [-0.05, 0) is 25.5 Å². The third-order valence-electron chi connectivity index (χ3n) is 1.62. The van der Waals surface area contributed by atoms with Crippen molar-refractivity contribution in [1.82, 2.24) is 0 Å². The maximum absolute atomic E-state index is 10.6. The van der Waals surface area contributed by atoms with Gasteiger partial charge in [-0.2, -0.15) is 9.59 Å². The Bertz CT molecular complexity index is 362. The van der Waals surface area contributed by atoms with Gasteiger partial charge >= 0.3 is 12.1 Å². The molecule has 14 heavy (non-hydrogen) atoms. The Balaban J connectivity index is 0.000000500. The van der Waals surface area contributed by atoms with Crippen molar-refractivity contribution < 1.29 is 19.5 Å². The Morgan fingerprint density at radius 3 is 2.14 bits per heavy atom. The van der Waals surface area contributed by atoms with E-state index in [0.29, 0.717) is 5.56 Å². The van der Waals surface area contributed by atoms with E-state index >= 15 is 0 Å². The second-order valence-electron chi connectivity index (χ2n) is 2.71. The zero-order valence-electron chi connectivity index (χ0n) is 7.90. The first-order valence-corrected chi connectivity index (χ1v) is 3.82. The average Bonchev–Trinajstić information content (AvgIpc) is 2.10. The van der Waals surface area contributed by atoms with Crippen LogP contribution in [-0.4, -0.2) is 17.2 Å². The van der Waals surface area contributed by atoms with E-state index in [2.05, 4.69) is 0 Å². The highest BCUT2D eigenvalue weighted by Crippen LogP contribution is 2.09. The van der Waals surface area contributed by atoms with E-state index in [0.717, 1.165) is 11.1 Å². The lowest BCUT2D eigenvalue weighted by molar-refractivity contribution is -0.191. The van der Waals surface area contributed by atoms with Crippen LogP contribution in [0, 0.1) is 13.8 Å². The summed E-state index contributed by atoms with van der Waals surface area (Å²) in [7, 11) is 0. The minimum Gasteiger partial charge on any atom is -0.478 e. The molecule has 0 radical (unpaired) electrons. The number of carbonyl (C=O) groups excluding carboxylic acids is 2. The van der Waals surface area contributed by atoms with Crippen LogP contribution in [0.1, 0.15) is 21.5 Å². The lowest BCUT2D eigenvalue weighted by Crippen LogP contribution is -1.99. The smallest absolute Gasteiger partial charge is 0.373 e. The average molecular weight is 194 g/mol. The summed E-state index contributed by atoms with van der Waals surface area (Å²) in [5.74, 6) is -0.855. The molecule has 0 aliphatic carbocycles. The molecule has 0 aliphatic heterocycles. The van der Waals surface area contributed by atoms with Gasteiger partial charge in [-0.25, -0.2) is 4.79 Å². The summed E-state index contributed by atoms with van der Waals surface area (Å²) in [5, 5.41) is 8.69. The molecule has 0 saturated heterocycles. The fourth-order valence-corrected chi connectivity index (χ4v) is 0.966. The van der Waals surface area contributed by atoms with Crippen molar-refractivity contribution in [2.24, 2.45) is 0 Å². The van der Waals surface area contributed by atoms with E-state index in [4.69, 9.17) is 14.7 Å². The molecule has 0 aromatic heterocycles. The van der Waals surface area contributed by atoms with Crippen LogP contribution in [0.15, 0.2) is 18.2 Å². The molecule has 0 bridgehead atoms. The fourth-order valence-electron chi connectivity index (χ4n) is 0.966. The van der Waals surface area contributed by atoms with Crippen LogP contribution in [0.25, 0.3) is 0 Å². The number of carbonyl (C=O) groups is 1. The molecule has 4 heteroatoms. The SMILES string of the molecule is Cc1ccc(C)c(C(=O)O)c1.O=C=O. The van der Waals surface area contributed by atoms with Crippen LogP contribution in [0.2, 0.25) is 0 Å². The van der Waals surface area contributed by atoms with Crippen molar-refractivity contribution in [2.45, 2.75) is 13.8 Å². The Labute approximate surface area is 81.2 Å². The molecule has 1 rings (SSSR count). The molecule has 74 valence electrons. The minimum atomic E-state index is -0.855. The quantitative estimate of drug-likeness (QED) is 0.733. The summed E-state index contributed by atoms with van der Waals surface area (Å²) in [6.07, 6.45) is 0.250. The van der Waals surface area contributed by atoms with E-state index in [1.807, 2.05) is 19.1 Å². The molecule has 0 fully saturated rings. The second-order valence-corrected chi connectivity index (χ2v) is 2.71. The second kappa shape index (κ2) is 5.67. The highest BCUT2D eigenvalue weighted by atomic mass is 16.4. The van der Waals surface area contributed by atoms with E-state index in [9.17, 15) is 4.79 Å². The largest absolute Gasteiger partial charge is 0.478 e. The van der Waals surface area contributed by atoms with Crippen molar-refractivity contribution in [1.29, 1.82) is 0 Å². The maximum Gasteiger partial charge on any atom is 0.373 e. The summed E-state index contributed by atoms with van der Waals surface area (Å²) in [6.45, 7) is 3.68. The molecule has 4 nitrogen and oxygen atoms in total. The lowest BCUT2D eigenvalue weighted by atomic mass is 10.1. The maximum atomic E-state index is 10.6. The zero-order valence-corrected chi connectivity index (χ0v) is 7.90. The minimum absolute atomic E-state index is 0.250. The first-order chi connectivity index (χ1) is 6.52. The van der Waals surface area contributed by atoms with Crippen molar-refractivity contribution in [3.63, 3.8) is 0 Å². The molecule has 1 aromatic rings. The summed E-state index contributed by atoms with van der Waals surface area (Å²) >= 11 is 0. The molecular formula is C10H10O4. The van der Waals surface area contributed by atoms with Gasteiger partial charge in [-0.3, -0.25) is 0 Å². The van der Waals surface area contributed by atoms with Crippen LogP contribution in [0.5, 0.6) is 0 Å². The van der Waals surface area contributed by atoms with Crippen molar-refractivity contribution >= 4 is 12.1 Å². The standard InChI is InChI=1S/C9H10O2.CO2/c1-6-3-4-7(2)8(5-6)9(10)11;2-1-3/h3-5H,1-2H3,(H,10,11);. The van der Waals surface area contributed by atoms with Gasteiger partial charge < -0.3 is 5.11 Å². The number of carboxylic acid groups (broad SMARTS) is 1. The third-order valence-corrected chi connectivity index (χ3v) is 1.62. The summed E-state index contributed by atoms with van der Waals surface area (Å²) in [6, 6.07) is 5.40. The monoisotopic (exact) mass is 194 g/mol. The number of rotatable bonds is 1. The van der Waals surface area contributed by atoms with Crippen molar-refractivity contribution in [2.75, 3.05) is 0 Å². The van der Waals surface area contributed by atoms with Crippen LogP contribution in [0.3, 0.4) is 0 Å². The number of aryl methyl sites for hydroxylation is 2. The molecule has 0 saturated carbocycles. The predicted molar refractivity (Wildman–Crippen MR) is 47.9 cm³/mol. The fraction of sp³-hybridized carbons (Fsp3) is 0.200. The summed E-state index contributed by atoms with van der Waals surface area (Å²) in [5.41, 5.74) is 2.18. The Hall–Kier alpha value is -1.93. The first-order valence-electron chi connectivity index (χ1n) is 3.82.